The van der Waals surface area contributed by atoms with Crippen LogP contribution < -0.4 is 32.8 Å². The van der Waals surface area contributed by atoms with Crippen molar-refractivity contribution in [3.63, 3.8) is 0 Å². The zero-order chi connectivity index (χ0) is 19.4. The van der Waals surface area contributed by atoms with Crippen LogP contribution in [0.3, 0.4) is 0 Å². The van der Waals surface area contributed by atoms with E-state index in [0.29, 0.717) is 45.4 Å². The molecule has 1 aromatic heterocycles. The molecule has 0 bridgehead atoms. The van der Waals surface area contributed by atoms with Crippen LogP contribution >= 0.6 is 11.6 Å². The number of nitrogens with two attached hydrogens (primary N) is 1. The predicted molar refractivity (Wildman–Crippen MR) is 102 cm³/mol. The molecular weight excluding hydrogens is 366 g/mol. The molecule has 1 heterocycles. The number of halogens is 1. The number of nitrogens with zero attached hydrogens (tertiary/aromatic N) is 1. The highest BCUT2D eigenvalue weighted by Gasteiger charge is 2.13. The van der Waals surface area contributed by atoms with E-state index >= 15 is 0 Å². The summed E-state index contributed by atoms with van der Waals surface area (Å²) in [4.78, 5) is 12.3. The van der Waals surface area contributed by atoms with Crippen LogP contribution in [0.25, 0.3) is 17.8 Å². The third-order valence-corrected chi connectivity index (χ3v) is 4.19. The van der Waals surface area contributed by atoms with Crippen LogP contribution in [0.2, 0.25) is 5.02 Å². The van der Waals surface area contributed by atoms with Gasteiger partial charge in [-0.05, 0) is 42.7 Å². The molecule has 5 N–H and O–H groups in total. The van der Waals surface area contributed by atoms with Crippen molar-refractivity contribution in [2.45, 2.75) is 12.8 Å². The van der Waals surface area contributed by atoms with Gasteiger partial charge in [-0.25, -0.2) is 0 Å². The molecular formula is C19H16ClN5O2. The minimum atomic E-state index is -0.580. The van der Waals surface area contributed by atoms with E-state index in [4.69, 9.17) is 27.2 Å². The largest absolute Gasteiger partial charge is 0.439 e. The monoisotopic (exact) mass is 381 g/mol. The molecule has 3 rings (SSSR count). The lowest BCUT2D eigenvalue weighted by Crippen LogP contribution is -2.44. The average Bonchev–Trinajstić information content (AvgIpc) is 2.65. The minimum Gasteiger partial charge on any atom is -0.439 e. The van der Waals surface area contributed by atoms with Gasteiger partial charge in [0.15, 0.2) is 0 Å². The van der Waals surface area contributed by atoms with E-state index in [0.717, 1.165) is 0 Å². The Bertz CT molecular complexity index is 1140. The number of anilines is 1. The van der Waals surface area contributed by atoms with Gasteiger partial charge in [-0.1, -0.05) is 23.7 Å². The molecule has 0 atom stereocenters. The first-order valence-electron chi connectivity index (χ1n) is 8.09. The second-order valence-electron chi connectivity index (χ2n) is 5.83. The van der Waals surface area contributed by atoms with Crippen molar-refractivity contribution < 1.29 is 9.21 Å². The Hall–Kier alpha value is -3.50. The molecule has 0 fully saturated rings. The van der Waals surface area contributed by atoms with E-state index in [1.807, 2.05) is 12.1 Å². The molecule has 27 heavy (non-hydrogen) atoms. The van der Waals surface area contributed by atoms with Gasteiger partial charge in [-0.15, -0.1) is 0 Å². The smallest absolute Gasteiger partial charge is 0.280 e. The highest BCUT2D eigenvalue weighted by molar-refractivity contribution is 6.30. The average molecular weight is 382 g/mol. The summed E-state index contributed by atoms with van der Waals surface area (Å²) in [7, 11) is 0. The zero-order valence-electron chi connectivity index (χ0n) is 14.2. The Balaban J connectivity index is 1.84. The van der Waals surface area contributed by atoms with E-state index in [2.05, 4.69) is 10.9 Å². The maximum absolute atomic E-state index is 12.3. The van der Waals surface area contributed by atoms with Gasteiger partial charge >= 0.3 is 0 Å². The number of nitriles is 1. The number of benzene rings is 1. The fraction of sp³-hybridized carbons (Fsp3) is 0.105. The van der Waals surface area contributed by atoms with Gasteiger partial charge in [0, 0.05) is 22.5 Å². The lowest BCUT2D eigenvalue weighted by molar-refractivity contribution is -0.117. The maximum atomic E-state index is 12.3. The highest BCUT2D eigenvalue weighted by Crippen LogP contribution is 2.12. The molecule has 1 amide bonds. The topological polar surface area (TPSA) is 128 Å². The minimum absolute atomic E-state index is 0.0366. The standard InChI is InChI=1S/C19H16ClN5O2/c20-13-6-4-11(5-7-13)8-12(10-21)19(26)25-24-15-2-1-3-16-18(15)14(22)9-17(23)27-16/h3-9,23-24H,1-2,22H2,(H,25,26). The van der Waals surface area contributed by atoms with E-state index in [9.17, 15) is 10.1 Å². The molecule has 1 aliphatic carbocycles. The highest BCUT2D eigenvalue weighted by atomic mass is 35.5. The van der Waals surface area contributed by atoms with Crippen molar-refractivity contribution in [1.82, 2.24) is 10.9 Å². The molecule has 1 aromatic carbocycles. The number of carbonyl (C=O) groups is 1. The lowest BCUT2D eigenvalue weighted by atomic mass is 10.1. The van der Waals surface area contributed by atoms with E-state index in [-0.39, 0.29) is 11.1 Å². The molecule has 7 nitrogen and oxygen atoms in total. The number of nitrogens with one attached hydrogen (secondary N) is 3. The van der Waals surface area contributed by atoms with Crippen molar-refractivity contribution in [1.29, 1.82) is 10.7 Å². The van der Waals surface area contributed by atoms with Crippen LogP contribution in [0.1, 0.15) is 18.4 Å². The van der Waals surface area contributed by atoms with Gasteiger partial charge < -0.3 is 15.6 Å². The molecule has 0 aliphatic heterocycles. The molecule has 8 heteroatoms. The Labute approximate surface area is 159 Å². The molecule has 136 valence electrons. The summed E-state index contributed by atoms with van der Waals surface area (Å²) in [5.41, 5.74) is 13.4. The van der Waals surface area contributed by atoms with E-state index < -0.39 is 5.91 Å². The molecule has 0 saturated heterocycles. The fourth-order valence-electron chi connectivity index (χ4n) is 2.69. The van der Waals surface area contributed by atoms with Crippen LogP contribution in [0.5, 0.6) is 0 Å². The number of carbonyl (C=O) groups excluding carboxylic acids is 1. The van der Waals surface area contributed by atoms with Crippen LogP contribution in [0, 0.1) is 16.7 Å². The van der Waals surface area contributed by atoms with Gasteiger partial charge in [0.1, 0.15) is 17.1 Å². The third kappa shape index (κ3) is 4.19. The van der Waals surface area contributed by atoms with Crippen LogP contribution in [0.15, 0.2) is 40.3 Å². The first-order chi connectivity index (χ1) is 13.0. The maximum Gasteiger partial charge on any atom is 0.280 e. The van der Waals surface area contributed by atoms with Crippen LogP contribution in [-0.4, -0.2) is 5.91 Å². The van der Waals surface area contributed by atoms with Crippen molar-refractivity contribution in [2.75, 3.05) is 5.73 Å². The molecule has 2 aromatic rings. The number of hydrogen-bond donors (Lipinski definition) is 4. The first kappa shape index (κ1) is 18.3. The zero-order valence-corrected chi connectivity index (χ0v) is 14.9. The molecule has 0 spiro atoms. The summed E-state index contributed by atoms with van der Waals surface area (Å²) in [6.45, 7) is 0. The molecule has 0 saturated carbocycles. The number of hydrazine groups is 1. The van der Waals surface area contributed by atoms with Gasteiger partial charge in [-0.2, -0.15) is 5.26 Å². The van der Waals surface area contributed by atoms with Crippen molar-refractivity contribution >= 4 is 41.0 Å². The number of rotatable bonds is 4. The SMILES string of the molecule is N#CC(=Cc1ccc(Cl)cc1)C(=O)NNC1=c2c(N)cc(=N)oc2=CCC1. The third-order valence-electron chi connectivity index (χ3n) is 3.94. The van der Waals surface area contributed by atoms with Crippen molar-refractivity contribution in [3.8, 4) is 6.07 Å². The Morgan fingerprint density at radius 3 is 2.81 bits per heavy atom. The van der Waals surface area contributed by atoms with Crippen LogP contribution in [0.4, 0.5) is 5.69 Å². The van der Waals surface area contributed by atoms with Gasteiger partial charge in [0.05, 0.1) is 5.22 Å². The quantitative estimate of drug-likeness (QED) is 0.355. The second-order valence-corrected chi connectivity index (χ2v) is 6.26. The first-order valence-corrected chi connectivity index (χ1v) is 8.47. The second kappa shape index (κ2) is 7.81. The molecule has 0 unspecified atom stereocenters. The van der Waals surface area contributed by atoms with Crippen molar-refractivity contribution in [3.05, 3.63) is 62.7 Å². The summed E-state index contributed by atoms with van der Waals surface area (Å²) in [6.07, 6.45) is 4.59. The molecule has 0 radical (unpaired) electrons. The predicted octanol–water partition coefficient (Wildman–Crippen LogP) is 0.905. The van der Waals surface area contributed by atoms with Gasteiger partial charge in [0.2, 0.25) is 5.55 Å². The summed E-state index contributed by atoms with van der Waals surface area (Å²) >= 11 is 5.83. The molecule has 1 aliphatic rings. The van der Waals surface area contributed by atoms with Gasteiger partial charge in [-0.3, -0.25) is 15.6 Å². The van der Waals surface area contributed by atoms with Gasteiger partial charge in [0.25, 0.3) is 5.91 Å². The van der Waals surface area contributed by atoms with E-state index in [1.165, 1.54) is 12.1 Å². The Kier molecular flexibility index (Phi) is 5.29. The summed E-state index contributed by atoms with van der Waals surface area (Å²) in [5, 5.41) is 18.1. The Morgan fingerprint density at radius 1 is 1.37 bits per heavy atom. The number of hydrogen-bond acceptors (Lipinski definition) is 6. The fourth-order valence-corrected chi connectivity index (χ4v) is 2.82. The normalized spacial score (nSPS) is 13.2. The van der Waals surface area contributed by atoms with Crippen LogP contribution in [-0.2, 0) is 4.79 Å². The summed E-state index contributed by atoms with van der Waals surface area (Å²) in [5.74, 6) is -0.580. The van der Waals surface area contributed by atoms with E-state index in [1.54, 1.807) is 24.3 Å². The number of amides is 1. The Morgan fingerprint density at radius 2 is 2.11 bits per heavy atom. The lowest BCUT2D eigenvalue weighted by Gasteiger charge is -2.15. The summed E-state index contributed by atoms with van der Waals surface area (Å²) in [6, 6.07) is 10.1. The van der Waals surface area contributed by atoms with Crippen molar-refractivity contribution in [2.24, 2.45) is 0 Å². The number of fused-ring (bicyclic) bond motifs is 1. The summed E-state index contributed by atoms with van der Waals surface area (Å²) < 4.78 is 5.36. The number of nitrogen functional groups attached to an aromatic ring is 1.